The summed E-state index contributed by atoms with van der Waals surface area (Å²) in [7, 11) is 1.61. The minimum absolute atomic E-state index is 0.0263. The second-order valence-corrected chi connectivity index (χ2v) is 19.2. The summed E-state index contributed by atoms with van der Waals surface area (Å²) >= 11 is 7.81. The van der Waals surface area contributed by atoms with Gasteiger partial charge in [0.15, 0.2) is 5.82 Å². The van der Waals surface area contributed by atoms with E-state index in [1.165, 1.54) is 0 Å². The first-order valence-electron chi connectivity index (χ1n) is 23.0. The van der Waals surface area contributed by atoms with Crippen LogP contribution in [0.3, 0.4) is 0 Å². The van der Waals surface area contributed by atoms with Crippen LogP contribution in [0.25, 0.3) is 16.1 Å². The number of nitrogens with zero attached hydrogens (tertiary/aromatic N) is 6. The monoisotopic (exact) mass is 981 g/mol. The molecule has 0 bridgehead atoms. The Morgan fingerprint density at radius 3 is 2.28 bits per heavy atom. The summed E-state index contributed by atoms with van der Waals surface area (Å²) in [6.07, 6.45) is 1.25. The summed E-state index contributed by atoms with van der Waals surface area (Å²) in [5.74, 6) is 0.676. The Kier molecular flexibility index (Phi) is 17.3. The van der Waals surface area contributed by atoms with E-state index in [2.05, 4.69) is 31.1 Å². The molecule has 3 N–H and O–H groups in total. The number of rotatable bonds is 21. The lowest BCUT2D eigenvalue weighted by Crippen LogP contribution is -2.58. The van der Waals surface area contributed by atoms with Crippen molar-refractivity contribution in [3.63, 3.8) is 0 Å². The molecule has 0 radical (unpaired) electrons. The van der Waals surface area contributed by atoms with E-state index in [9.17, 15) is 19.2 Å². The van der Waals surface area contributed by atoms with Gasteiger partial charge < -0.3 is 39.8 Å². The van der Waals surface area contributed by atoms with Crippen LogP contribution in [0.5, 0.6) is 5.75 Å². The Morgan fingerprint density at radius 1 is 0.870 bits per heavy atom. The molecule has 366 valence electrons. The highest BCUT2D eigenvalue weighted by Gasteiger charge is 2.42. The van der Waals surface area contributed by atoms with Gasteiger partial charge in [0, 0.05) is 35.8 Å². The fourth-order valence-electron chi connectivity index (χ4n) is 8.27. The van der Waals surface area contributed by atoms with Crippen LogP contribution >= 0.6 is 22.9 Å². The molecule has 2 aliphatic heterocycles. The lowest BCUT2D eigenvalue weighted by molar-refractivity contribution is -0.144. The second kappa shape index (κ2) is 23.5. The van der Waals surface area contributed by atoms with Crippen LogP contribution in [-0.2, 0) is 39.9 Å². The lowest BCUT2D eigenvalue weighted by Gasteiger charge is -2.35. The van der Waals surface area contributed by atoms with E-state index >= 15 is 0 Å². The van der Waals surface area contributed by atoms with Gasteiger partial charge in [-0.05, 0) is 73.6 Å². The van der Waals surface area contributed by atoms with E-state index in [-0.39, 0.29) is 70.3 Å². The molecule has 19 heteroatoms. The van der Waals surface area contributed by atoms with Crippen molar-refractivity contribution in [1.82, 2.24) is 40.6 Å². The van der Waals surface area contributed by atoms with Gasteiger partial charge in [-0.2, -0.15) is 0 Å². The van der Waals surface area contributed by atoms with E-state index in [0.717, 1.165) is 38.5 Å². The Morgan fingerprint density at radius 2 is 1.58 bits per heavy atom. The molecule has 7 rings (SSSR count). The number of nitrogens with one attached hydrogen (secondary N) is 3. The first-order chi connectivity index (χ1) is 33.2. The first kappa shape index (κ1) is 50.8. The first-order valence-corrected chi connectivity index (χ1v) is 24.3. The van der Waals surface area contributed by atoms with Gasteiger partial charge in [-0.1, -0.05) is 68.8 Å². The number of methoxy groups -OCH3 is 1. The number of ether oxygens (including phenoxy) is 4. The average molecular weight is 983 g/mol. The largest absolute Gasteiger partial charge is 0.497 e. The molecule has 3 atom stereocenters. The summed E-state index contributed by atoms with van der Waals surface area (Å²) < 4.78 is 24.3. The third-order valence-corrected chi connectivity index (χ3v) is 13.1. The maximum absolute atomic E-state index is 13.9. The zero-order valence-corrected chi connectivity index (χ0v) is 41.5. The van der Waals surface area contributed by atoms with Crippen molar-refractivity contribution in [2.45, 2.75) is 78.6 Å². The van der Waals surface area contributed by atoms with Gasteiger partial charge in [0.05, 0.1) is 74.0 Å². The molecule has 5 aromatic rings. The average Bonchev–Trinajstić information content (AvgIpc) is 4.08. The van der Waals surface area contributed by atoms with Crippen molar-refractivity contribution in [1.29, 1.82) is 0 Å². The summed E-state index contributed by atoms with van der Waals surface area (Å²) in [6, 6.07) is 19.0. The summed E-state index contributed by atoms with van der Waals surface area (Å²) in [4.78, 5) is 65.8. The Balaban J connectivity index is 0.793. The van der Waals surface area contributed by atoms with E-state index in [1.807, 2.05) is 99.3 Å². The van der Waals surface area contributed by atoms with Crippen LogP contribution in [0.15, 0.2) is 77.2 Å². The number of aromatic nitrogens is 4. The normalized spacial score (nSPS) is 15.9. The van der Waals surface area contributed by atoms with Gasteiger partial charge >= 0.3 is 0 Å². The zero-order chi connectivity index (χ0) is 49.1. The fourth-order valence-corrected chi connectivity index (χ4v) is 9.21. The summed E-state index contributed by atoms with van der Waals surface area (Å²) in [5.41, 5.74) is 7.34. The molecule has 0 saturated carbocycles. The highest BCUT2D eigenvalue weighted by molar-refractivity contribution is 7.13. The molecule has 2 aromatic heterocycles. The topological polar surface area (TPSA) is 200 Å². The molecule has 0 spiro atoms. The fraction of sp³-hybridized carbons (Fsp3) is 0.440. The highest BCUT2D eigenvalue weighted by atomic mass is 35.5. The van der Waals surface area contributed by atoms with Gasteiger partial charge in [0.2, 0.25) is 23.6 Å². The van der Waals surface area contributed by atoms with Crippen LogP contribution in [0, 0.1) is 19.3 Å². The number of carbonyl (C=O) groups excluding carboxylic acids is 4. The SMILES string of the molecule is COc1ccc2c(c1)C(c1ccc(Cl)cc1)=NC(CC(=O)NCCOCCOCCOCC(=O)NC(C(=O)N1CCC[C@H]1C(=O)NCc1ccc(-c3scnc3C)cc1)C(C)(C)C)c1nnc(C)n1-2. The molecule has 17 nitrogen and oxygen atoms in total. The third kappa shape index (κ3) is 13.0. The van der Waals surface area contributed by atoms with Gasteiger partial charge in [-0.25, -0.2) is 4.98 Å². The van der Waals surface area contributed by atoms with Crippen LogP contribution in [-0.4, -0.2) is 126 Å². The molecule has 1 saturated heterocycles. The molecule has 4 heterocycles. The molecule has 4 amide bonds. The smallest absolute Gasteiger partial charge is 0.246 e. The highest BCUT2D eigenvalue weighted by Crippen LogP contribution is 2.35. The van der Waals surface area contributed by atoms with Crippen LogP contribution in [0.4, 0.5) is 0 Å². The van der Waals surface area contributed by atoms with E-state index in [1.54, 1.807) is 35.5 Å². The van der Waals surface area contributed by atoms with Crippen molar-refractivity contribution >= 4 is 52.3 Å². The quantitative estimate of drug-likeness (QED) is 0.0734. The standard InChI is InChI=1S/C50H60ClN9O8S/c1-31-45(69-30-54-31)35-11-9-33(10-12-35)28-53-48(63)41-8-7-20-59(41)49(64)46(50(3,4)5)56-43(62)29-68-25-24-67-23-22-66-21-19-52-42(61)27-39-47-58-57-32(2)60(47)40-18-17-37(65-6)26-38(40)44(55-39)34-13-15-36(51)16-14-34/h9-18,26,30,39,41,46H,7-8,19-25,27-29H2,1-6H3,(H,52,61)(H,53,63)(H,56,62)/t39?,41-,46?/m0/s1. The minimum atomic E-state index is -0.866. The summed E-state index contributed by atoms with van der Waals surface area (Å²) in [5, 5.41) is 18.1. The number of aryl methyl sites for hydroxylation is 2. The Labute approximate surface area is 411 Å². The molecule has 3 aromatic carbocycles. The number of carbonyl (C=O) groups is 4. The minimum Gasteiger partial charge on any atom is -0.497 e. The molecule has 69 heavy (non-hydrogen) atoms. The molecule has 1 fully saturated rings. The molecule has 2 unspecified atom stereocenters. The number of halogens is 1. The predicted molar refractivity (Wildman–Crippen MR) is 263 cm³/mol. The number of fused-ring (bicyclic) bond motifs is 3. The van der Waals surface area contributed by atoms with Crippen molar-refractivity contribution < 1.29 is 38.1 Å². The van der Waals surface area contributed by atoms with E-state index < -0.39 is 29.4 Å². The number of hydrogen-bond donors (Lipinski definition) is 3. The van der Waals surface area contributed by atoms with Crippen molar-refractivity contribution in [3.8, 4) is 21.9 Å². The second-order valence-electron chi connectivity index (χ2n) is 17.9. The Bertz CT molecular complexity index is 2610. The number of hydrogen-bond acceptors (Lipinski definition) is 13. The van der Waals surface area contributed by atoms with Crippen LogP contribution < -0.4 is 20.7 Å². The third-order valence-electron chi connectivity index (χ3n) is 11.9. The van der Waals surface area contributed by atoms with E-state index in [0.29, 0.717) is 54.1 Å². The molecule has 2 aliphatic rings. The molecular formula is C50H60ClN9O8S. The number of benzene rings is 3. The van der Waals surface area contributed by atoms with Crippen LogP contribution in [0.1, 0.15) is 80.1 Å². The van der Waals surface area contributed by atoms with Crippen molar-refractivity contribution in [2.75, 3.05) is 59.8 Å². The summed E-state index contributed by atoms with van der Waals surface area (Å²) in [6.45, 7) is 11.4. The number of amides is 4. The molecular weight excluding hydrogens is 922 g/mol. The Hall–Kier alpha value is -6.05. The maximum atomic E-state index is 13.9. The van der Waals surface area contributed by atoms with Gasteiger partial charge in [0.1, 0.15) is 36.3 Å². The van der Waals surface area contributed by atoms with E-state index in [4.69, 9.17) is 35.5 Å². The maximum Gasteiger partial charge on any atom is 0.246 e. The van der Waals surface area contributed by atoms with Crippen LogP contribution in [0.2, 0.25) is 5.02 Å². The lowest BCUT2D eigenvalue weighted by atomic mass is 9.85. The van der Waals surface area contributed by atoms with Crippen molar-refractivity contribution in [3.05, 3.63) is 111 Å². The number of thiazole rings is 1. The number of aliphatic imine (C=N–C) groups is 1. The zero-order valence-electron chi connectivity index (χ0n) is 39.9. The predicted octanol–water partition coefficient (Wildman–Crippen LogP) is 5.96. The van der Waals surface area contributed by atoms with Gasteiger partial charge in [0.25, 0.3) is 0 Å². The van der Waals surface area contributed by atoms with Gasteiger partial charge in [-0.15, -0.1) is 21.5 Å². The number of likely N-dealkylation sites (tertiary alicyclic amines) is 1. The molecule has 0 aliphatic carbocycles. The van der Waals surface area contributed by atoms with Crippen molar-refractivity contribution in [2.24, 2.45) is 10.4 Å². The van der Waals surface area contributed by atoms with Gasteiger partial charge in [-0.3, -0.25) is 28.7 Å².